The predicted octanol–water partition coefficient (Wildman–Crippen LogP) is 6.71. The second-order valence-electron chi connectivity index (χ2n) is 9.67. The first kappa shape index (κ1) is 23.0. The van der Waals surface area contributed by atoms with Crippen molar-refractivity contribution in [1.29, 1.82) is 0 Å². The Morgan fingerprint density at radius 3 is 2.61 bits per heavy atom. The van der Waals surface area contributed by atoms with Crippen LogP contribution in [0.4, 0.5) is 11.4 Å². The Kier molecular flexibility index (Phi) is 6.24. The summed E-state index contributed by atoms with van der Waals surface area (Å²) < 4.78 is 0. The molecule has 1 aliphatic carbocycles. The number of aliphatic hydroxyl groups is 1. The minimum atomic E-state index is 0.0656. The molecule has 174 valence electrons. The lowest BCUT2D eigenvalue weighted by molar-refractivity contribution is 0.139. The maximum atomic E-state index is 10.1. The van der Waals surface area contributed by atoms with Gasteiger partial charge in [-0.25, -0.2) is 0 Å². The van der Waals surface area contributed by atoms with Gasteiger partial charge in [0.2, 0.25) is 5.96 Å². The topological polar surface area (TPSA) is 59.9 Å². The summed E-state index contributed by atoms with van der Waals surface area (Å²) in [6, 6.07) is 10.3. The maximum Gasteiger partial charge on any atom is 0.202 e. The van der Waals surface area contributed by atoms with Gasteiger partial charge in [-0.3, -0.25) is 4.99 Å². The third-order valence-corrected chi connectivity index (χ3v) is 7.32. The van der Waals surface area contributed by atoms with Crippen LogP contribution < -0.4 is 10.6 Å². The molecule has 0 saturated heterocycles. The van der Waals surface area contributed by atoms with Gasteiger partial charge in [-0.1, -0.05) is 44.2 Å². The number of hydrogen-bond acceptors (Lipinski definition) is 3. The van der Waals surface area contributed by atoms with Gasteiger partial charge in [0.15, 0.2) is 0 Å². The van der Waals surface area contributed by atoms with Crippen LogP contribution in [0.25, 0.3) is 11.5 Å². The second kappa shape index (κ2) is 8.97. The minimum absolute atomic E-state index is 0.0656. The Morgan fingerprint density at radius 1 is 1.21 bits per heavy atom. The van der Waals surface area contributed by atoms with Crippen LogP contribution in [0.1, 0.15) is 60.4 Å². The molecule has 5 heteroatoms. The average molecular weight is 445 g/mol. The fourth-order valence-electron chi connectivity index (χ4n) is 4.81. The molecule has 0 aromatic heterocycles. The van der Waals surface area contributed by atoms with E-state index in [0.29, 0.717) is 12.0 Å². The second-order valence-corrected chi connectivity index (χ2v) is 9.67. The van der Waals surface area contributed by atoms with Gasteiger partial charge in [0.25, 0.3) is 0 Å². The highest BCUT2D eigenvalue weighted by molar-refractivity contribution is 6.06. The third-order valence-electron chi connectivity index (χ3n) is 7.32. The number of nitrogens with one attached hydrogen (secondary N) is 2. The molecule has 2 aliphatic rings. The van der Waals surface area contributed by atoms with E-state index >= 15 is 0 Å². The van der Waals surface area contributed by atoms with Gasteiger partial charge in [-0.15, -0.1) is 0 Å². The van der Waals surface area contributed by atoms with Crippen LogP contribution in [0, 0.1) is 19.3 Å². The van der Waals surface area contributed by atoms with E-state index in [0.717, 1.165) is 51.8 Å². The van der Waals surface area contributed by atoms with Crippen LogP contribution in [0.5, 0.6) is 0 Å². The van der Waals surface area contributed by atoms with E-state index in [2.05, 4.69) is 54.7 Å². The van der Waals surface area contributed by atoms with Crippen LogP contribution in [-0.2, 0) is 6.54 Å². The summed E-state index contributed by atoms with van der Waals surface area (Å²) >= 11 is 0. The van der Waals surface area contributed by atoms with Crippen LogP contribution in [0.3, 0.4) is 0 Å². The van der Waals surface area contributed by atoms with Crippen molar-refractivity contribution >= 4 is 28.8 Å². The van der Waals surface area contributed by atoms with E-state index in [1.807, 2.05) is 32.2 Å². The molecule has 33 heavy (non-hydrogen) atoms. The van der Waals surface area contributed by atoms with Crippen molar-refractivity contribution in [2.24, 2.45) is 10.4 Å². The van der Waals surface area contributed by atoms with Crippen molar-refractivity contribution in [1.82, 2.24) is 4.90 Å². The molecule has 5 nitrogen and oxygen atoms in total. The first-order chi connectivity index (χ1) is 15.7. The molecular formula is C28H36N4O. The number of hydrogen-bond donors (Lipinski definition) is 3. The van der Waals surface area contributed by atoms with Crippen molar-refractivity contribution in [2.45, 2.75) is 53.0 Å². The molecule has 1 aliphatic heterocycles. The number of fused-ring (bicyclic) bond motifs is 1. The average Bonchev–Trinajstić information content (AvgIpc) is 2.75. The highest BCUT2D eigenvalue weighted by atomic mass is 16.3. The number of aliphatic imine (C=N–C) groups is 1. The molecule has 0 radical (unpaired) electrons. The van der Waals surface area contributed by atoms with Gasteiger partial charge in [0, 0.05) is 42.6 Å². The molecule has 0 bridgehead atoms. The van der Waals surface area contributed by atoms with E-state index in [9.17, 15) is 5.11 Å². The Labute approximate surface area is 197 Å². The van der Waals surface area contributed by atoms with Crippen molar-refractivity contribution in [3.63, 3.8) is 0 Å². The van der Waals surface area contributed by atoms with Crippen LogP contribution in [0.2, 0.25) is 0 Å². The zero-order valence-electron chi connectivity index (χ0n) is 20.4. The molecule has 0 spiro atoms. The van der Waals surface area contributed by atoms with E-state index in [4.69, 9.17) is 4.99 Å². The Balaban J connectivity index is 1.63. The van der Waals surface area contributed by atoms with Crippen LogP contribution >= 0.6 is 0 Å². The standard InChI is InChI=1S/C28H36N4O/c1-7-28(11-8-12-28)17-30-27-31-26-22(13-19(3)15-23(26)20(4)32(27)6)16-29-25-10-9-18(2)14-24(25)21(5)33/h9-10,13-15,29,33H,4-5,7-8,11-12,16-17H2,1-3,6H3,(H,30,31). The Bertz CT molecular complexity index is 1120. The maximum absolute atomic E-state index is 10.1. The van der Waals surface area contributed by atoms with Gasteiger partial charge in [0.05, 0.1) is 5.69 Å². The summed E-state index contributed by atoms with van der Waals surface area (Å²) in [6.07, 6.45) is 5.03. The quantitative estimate of drug-likeness (QED) is 0.416. The third kappa shape index (κ3) is 4.50. The Hall–Kier alpha value is -3.21. The van der Waals surface area contributed by atoms with Crippen LogP contribution in [0.15, 0.2) is 48.5 Å². The molecule has 1 heterocycles. The van der Waals surface area contributed by atoms with Gasteiger partial charge < -0.3 is 20.6 Å². The zero-order valence-corrected chi connectivity index (χ0v) is 20.4. The normalized spacial score (nSPS) is 17.9. The van der Waals surface area contributed by atoms with Gasteiger partial charge in [-0.05, 0) is 67.9 Å². The predicted molar refractivity (Wildman–Crippen MR) is 141 cm³/mol. The fourth-order valence-corrected chi connectivity index (χ4v) is 4.81. The number of nitrogens with zero attached hydrogens (tertiary/aromatic N) is 2. The first-order valence-corrected chi connectivity index (χ1v) is 11.8. The number of rotatable bonds is 7. The molecule has 0 amide bonds. The van der Waals surface area contributed by atoms with Crippen molar-refractivity contribution in [2.75, 3.05) is 24.2 Å². The summed E-state index contributed by atoms with van der Waals surface area (Å²) in [7, 11) is 2.03. The number of aliphatic hydroxyl groups excluding tert-OH is 1. The minimum Gasteiger partial charge on any atom is -0.508 e. The summed E-state index contributed by atoms with van der Waals surface area (Å²) in [4.78, 5) is 7.08. The molecule has 0 atom stereocenters. The molecule has 3 N–H and O–H groups in total. The lowest BCUT2D eigenvalue weighted by Crippen LogP contribution is -2.39. The smallest absolute Gasteiger partial charge is 0.202 e. The van der Waals surface area contributed by atoms with E-state index in [-0.39, 0.29) is 5.76 Å². The monoisotopic (exact) mass is 444 g/mol. The van der Waals surface area contributed by atoms with E-state index in [1.165, 1.54) is 31.2 Å². The molecule has 0 unspecified atom stereocenters. The first-order valence-electron chi connectivity index (χ1n) is 11.8. The molecule has 4 rings (SSSR count). The molecule has 1 fully saturated rings. The molecule has 1 saturated carbocycles. The van der Waals surface area contributed by atoms with Gasteiger partial charge >= 0.3 is 0 Å². The summed E-state index contributed by atoms with van der Waals surface area (Å²) in [5.74, 6) is 0.924. The van der Waals surface area contributed by atoms with Crippen molar-refractivity contribution in [3.8, 4) is 0 Å². The van der Waals surface area contributed by atoms with Crippen molar-refractivity contribution in [3.05, 3.63) is 71.3 Å². The molecule has 2 aromatic carbocycles. The zero-order chi connectivity index (χ0) is 23.8. The van der Waals surface area contributed by atoms with Crippen molar-refractivity contribution < 1.29 is 5.11 Å². The SMILES string of the molecule is C=C(O)c1cc(C)ccc1NCc1cc(C)cc2c1NC(=NCC1(CC)CCC1)N(C)C2=C. The van der Waals surface area contributed by atoms with Gasteiger partial charge in [-0.2, -0.15) is 0 Å². The lowest BCUT2D eigenvalue weighted by atomic mass is 9.67. The number of benzene rings is 2. The van der Waals surface area contributed by atoms with Crippen LogP contribution in [-0.4, -0.2) is 29.6 Å². The molecular weight excluding hydrogens is 408 g/mol. The Morgan fingerprint density at radius 2 is 1.97 bits per heavy atom. The number of aryl methyl sites for hydroxylation is 2. The lowest BCUT2D eigenvalue weighted by Gasteiger charge is -2.41. The van der Waals surface area contributed by atoms with E-state index < -0.39 is 0 Å². The highest BCUT2D eigenvalue weighted by Gasteiger charge is 2.35. The number of guanidine groups is 1. The highest BCUT2D eigenvalue weighted by Crippen LogP contribution is 2.44. The molecule has 2 aromatic rings. The number of anilines is 2. The largest absolute Gasteiger partial charge is 0.508 e. The van der Waals surface area contributed by atoms with Gasteiger partial charge in [0.1, 0.15) is 5.76 Å². The summed E-state index contributed by atoms with van der Waals surface area (Å²) in [5, 5.41) is 17.2. The summed E-state index contributed by atoms with van der Waals surface area (Å²) in [6.45, 7) is 15.9. The summed E-state index contributed by atoms with van der Waals surface area (Å²) in [5.41, 5.74) is 8.43. The fraction of sp³-hybridized carbons (Fsp3) is 0.393. The van der Waals surface area contributed by atoms with E-state index in [1.54, 1.807) is 0 Å².